The molecule has 118 valence electrons. The van der Waals surface area contributed by atoms with E-state index in [0.29, 0.717) is 15.8 Å². The fourth-order valence-electron chi connectivity index (χ4n) is 2.41. The molecule has 3 aromatic heterocycles. The molecule has 0 fully saturated rings. The van der Waals surface area contributed by atoms with Crippen molar-refractivity contribution in [3.05, 3.63) is 45.9 Å². The molecule has 0 aliphatic rings. The maximum atomic E-state index is 12.7. The van der Waals surface area contributed by atoms with Crippen LogP contribution in [0.3, 0.4) is 0 Å². The van der Waals surface area contributed by atoms with Gasteiger partial charge in [-0.1, -0.05) is 13.8 Å². The summed E-state index contributed by atoms with van der Waals surface area (Å²) in [6.45, 7) is 7.96. The second-order valence-electron chi connectivity index (χ2n) is 5.25. The van der Waals surface area contributed by atoms with Gasteiger partial charge in [-0.25, -0.2) is 19.0 Å². The Morgan fingerprint density at radius 1 is 1.39 bits per heavy atom. The first-order chi connectivity index (χ1) is 10.9. The smallest absolute Gasteiger partial charge is 0.308 e. The molecule has 3 aromatic rings. The summed E-state index contributed by atoms with van der Waals surface area (Å²) < 4.78 is 27.1. The Kier molecular flexibility index (Phi) is 3.44. The molecule has 1 N–H and O–H groups in total. The van der Waals surface area contributed by atoms with Gasteiger partial charge in [-0.05, 0) is 5.92 Å². The van der Waals surface area contributed by atoms with Gasteiger partial charge in [0, 0.05) is 23.5 Å². The van der Waals surface area contributed by atoms with E-state index in [-0.39, 0.29) is 28.5 Å². The molecule has 0 aliphatic carbocycles. The van der Waals surface area contributed by atoms with Crippen molar-refractivity contribution in [2.24, 2.45) is 0 Å². The van der Waals surface area contributed by atoms with E-state index in [1.54, 1.807) is 0 Å². The topological polar surface area (TPSA) is 72.3 Å². The predicted molar refractivity (Wildman–Crippen MR) is 78.6 cm³/mol. The zero-order valence-electron chi connectivity index (χ0n) is 12.3. The first-order valence-corrected chi connectivity index (χ1v) is 6.78. The van der Waals surface area contributed by atoms with Crippen LogP contribution in [-0.2, 0) is 0 Å². The highest BCUT2D eigenvalue weighted by molar-refractivity contribution is 5.72. The Balaban J connectivity index is 2.35. The van der Waals surface area contributed by atoms with Crippen molar-refractivity contribution < 1.29 is 8.78 Å². The first-order valence-electron chi connectivity index (χ1n) is 6.78. The lowest BCUT2D eigenvalue weighted by molar-refractivity contribution is 0.0566. The van der Waals surface area contributed by atoms with E-state index in [0.717, 1.165) is 6.20 Å². The molecular weight excluding hydrogens is 306 g/mol. The lowest BCUT2D eigenvalue weighted by Crippen LogP contribution is -2.22. The van der Waals surface area contributed by atoms with Crippen molar-refractivity contribution in [3.8, 4) is 11.3 Å². The van der Waals surface area contributed by atoms with E-state index in [1.807, 2.05) is 13.8 Å². The van der Waals surface area contributed by atoms with E-state index < -0.39 is 6.55 Å². The van der Waals surface area contributed by atoms with Crippen LogP contribution in [-0.4, -0.2) is 24.4 Å². The van der Waals surface area contributed by atoms with Gasteiger partial charge in [0.15, 0.2) is 5.65 Å². The van der Waals surface area contributed by atoms with Crippen LogP contribution >= 0.6 is 0 Å². The molecule has 9 heteroatoms. The van der Waals surface area contributed by atoms with Crippen molar-refractivity contribution in [1.29, 1.82) is 0 Å². The Labute approximate surface area is 129 Å². The largest absolute Gasteiger partial charge is 0.333 e. The van der Waals surface area contributed by atoms with Gasteiger partial charge in [0.25, 0.3) is 5.56 Å². The second kappa shape index (κ2) is 5.31. The molecule has 0 spiro atoms. The molecule has 0 aromatic carbocycles. The van der Waals surface area contributed by atoms with Gasteiger partial charge in [-0.3, -0.25) is 4.79 Å². The number of rotatable bonds is 3. The molecule has 0 saturated carbocycles. The number of halogens is 2. The minimum absolute atomic E-state index is 0.161. The van der Waals surface area contributed by atoms with Gasteiger partial charge in [-0.2, -0.15) is 13.9 Å². The molecule has 0 aliphatic heterocycles. The zero-order valence-corrected chi connectivity index (χ0v) is 12.3. The molecule has 3 rings (SSSR count). The van der Waals surface area contributed by atoms with Crippen molar-refractivity contribution in [2.75, 3.05) is 0 Å². The molecule has 0 amide bonds. The van der Waals surface area contributed by atoms with Gasteiger partial charge in [0.1, 0.15) is 0 Å². The SMILES string of the molecule is [C-]#[N+]c1c[nH]n2c(=O)c(C(C)C)c(-c3cnn(C(F)F)c3)nc12. The molecule has 7 nitrogen and oxygen atoms in total. The minimum atomic E-state index is -2.78. The second-order valence-corrected chi connectivity index (χ2v) is 5.25. The number of hydrogen-bond acceptors (Lipinski definition) is 3. The highest BCUT2D eigenvalue weighted by atomic mass is 19.3. The summed E-state index contributed by atoms with van der Waals surface area (Å²) in [5, 5.41) is 6.27. The fourth-order valence-corrected chi connectivity index (χ4v) is 2.41. The molecule has 3 heterocycles. The predicted octanol–water partition coefficient (Wildman–Crippen LogP) is 2.96. The van der Waals surface area contributed by atoms with Crippen molar-refractivity contribution in [3.63, 3.8) is 0 Å². The summed E-state index contributed by atoms with van der Waals surface area (Å²) in [4.78, 5) is 20.3. The van der Waals surface area contributed by atoms with Crippen LogP contribution in [0.25, 0.3) is 21.7 Å². The summed E-state index contributed by atoms with van der Waals surface area (Å²) in [6, 6.07) is 0. The minimum Gasteiger partial charge on any atom is -0.308 e. The number of hydrogen-bond donors (Lipinski definition) is 1. The average Bonchev–Trinajstić information content (AvgIpc) is 3.13. The summed E-state index contributed by atoms with van der Waals surface area (Å²) in [5.41, 5.74) is 0.927. The Morgan fingerprint density at radius 2 is 2.13 bits per heavy atom. The quantitative estimate of drug-likeness (QED) is 0.755. The normalized spacial score (nSPS) is 11.5. The number of aromatic nitrogens is 5. The van der Waals surface area contributed by atoms with Crippen molar-refractivity contribution >= 4 is 11.3 Å². The first kappa shape index (κ1) is 14.9. The van der Waals surface area contributed by atoms with E-state index in [1.165, 1.54) is 16.9 Å². The summed E-state index contributed by atoms with van der Waals surface area (Å²) in [5.74, 6) is -0.184. The van der Waals surface area contributed by atoms with Crippen LogP contribution in [0.1, 0.15) is 31.9 Å². The lowest BCUT2D eigenvalue weighted by atomic mass is 10.00. The molecule has 23 heavy (non-hydrogen) atoms. The fraction of sp³-hybridized carbons (Fsp3) is 0.286. The van der Waals surface area contributed by atoms with Crippen LogP contribution < -0.4 is 5.56 Å². The van der Waals surface area contributed by atoms with Crippen LogP contribution in [0, 0.1) is 6.57 Å². The lowest BCUT2D eigenvalue weighted by Gasteiger charge is -2.10. The van der Waals surface area contributed by atoms with Crippen LogP contribution in [0.4, 0.5) is 14.5 Å². The molecule has 0 bridgehead atoms. The molecular formula is C14H12F2N6O. The van der Waals surface area contributed by atoms with E-state index in [4.69, 9.17) is 6.57 Å². The number of alkyl halides is 2. The third-order valence-electron chi connectivity index (χ3n) is 3.45. The molecule has 0 unspecified atom stereocenters. The van der Waals surface area contributed by atoms with Crippen LogP contribution in [0.15, 0.2) is 23.4 Å². The highest BCUT2D eigenvalue weighted by Gasteiger charge is 2.21. The van der Waals surface area contributed by atoms with Gasteiger partial charge >= 0.3 is 6.55 Å². The summed E-state index contributed by atoms with van der Waals surface area (Å²) >= 11 is 0. The maximum absolute atomic E-state index is 12.7. The van der Waals surface area contributed by atoms with E-state index >= 15 is 0 Å². The van der Waals surface area contributed by atoms with Gasteiger partial charge in [0.05, 0.1) is 18.5 Å². The number of nitrogens with zero attached hydrogens (tertiary/aromatic N) is 5. The maximum Gasteiger partial charge on any atom is 0.333 e. The van der Waals surface area contributed by atoms with Gasteiger partial charge in [-0.15, -0.1) is 0 Å². The average molecular weight is 318 g/mol. The third-order valence-corrected chi connectivity index (χ3v) is 3.45. The Bertz CT molecular complexity index is 975. The van der Waals surface area contributed by atoms with Crippen molar-refractivity contribution in [1.82, 2.24) is 24.4 Å². The van der Waals surface area contributed by atoms with Gasteiger partial charge < -0.3 is 5.10 Å². The van der Waals surface area contributed by atoms with Crippen LogP contribution in [0.2, 0.25) is 0 Å². The highest BCUT2D eigenvalue weighted by Crippen LogP contribution is 2.28. The summed E-state index contributed by atoms with van der Waals surface area (Å²) in [6.07, 6.45) is 3.76. The summed E-state index contributed by atoms with van der Waals surface area (Å²) in [7, 11) is 0. The van der Waals surface area contributed by atoms with Gasteiger partial charge in [0.2, 0.25) is 5.69 Å². The Morgan fingerprint density at radius 3 is 2.70 bits per heavy atom. The standard InChI is InChI=1S/C14H12F2N6O/c1-7(2)10-11(8-4-18-21(6-8)14(15)16)20-12-9(17-3)5-19-22(12)13(10)23/h4-7,14,19H,1-2H3. The number of nitrogens with one attached hydrogen (secondary N) is 1. The molecule has 0 radical (unpaired) electrons. The Hall–Kier alpha value is -3.02. The van der Waals surface area contributed by atoms with Crippen LogP contribution in [0.5, 0.6) is 0 Å². The monoisotopic (exact) mass is 318 g/mol. The number of H-pyrrole nitrogens is 1. The third kappa shape index (κ3) is 2.28. The van der Waals surface area contributed by atoms with E-state index in [9.17, 15) is 13.6 Å². The van der Waals surface area contributed by atoms with E-state index in [2.05, 4.69) is 20.0 Å². The van der Waals surface area contributed by atoms with Crippen molar-refractivity contribution in [2.45, 2.75) is 26.3 Å². The number of aromatic amines is 1. The molecule has 0 atom stereocenters. The number of fused-ring (bicyclic) bond motifs is 1. The molecule has 0 saturated heterocycles. The zero-order chi connectivity index (χ0) is 16.7.